The molecule has 1 aromatic heterocycles. The van der Waals surface area contributed by atoms with E-state index in [1.807, 2.05) is 36.4 Å². The second-order valence-electron chi connectivity index (χ2n) is 10.2. The second-order valence-corrected chi connectivity index (χ2v) is 10.2. The van der Waals surface area contributed by atoms with Crippen LogP contribution in [-0.2, 0) is 11.3 Å². The highest BCUT2D eigenvalue weighted by atomic mass is 19.1. The van der Waals surface area contributed by atoms with Gasteiger partial charge in [-0.2, -0.15) is 10.4 Å². The Morgan fingerprint density at radius 2 is 1.84 bits per heavy atom. The maximum atomic E-state index is 14.2. The Bertz CT molecular complexity index is 1720. The summed E-state index contributed by atoms with van der Waals surface area (Å²) in [7, 11) is 0. The minimum Gasteiger partial charge on any atom is -0.492 e. The van der Waals surface area contributed by atoms with Crippen LogP contribution >= 0.6 is 0 Å². The third kappa shape index (κ3) is 7.25. The SMILES string of the molecule is C[C@@H]1NC(=O)CN(C(=O)c2cc(F)cc(C#N)c2)CCCNC(=O)c2cccc(c2)OCCn2nc(-c3ccccc3)nc21. The number of rotatable bonds is 2. The van der Waals surface area contributed by atoms with Crippen LogP contribution in [0.1, 0.15) is 51.5 Å². The lowest BCUT2D eigenvalue weighted by Gasteiger charge is -2.24. The van der Waals surface area contributed by atoms with Crippen LogP contribution in [0.2, 0.25) is 0 Å². The molecule has 0 saturated carbocycles. The number of hydrogen-bond acceptors (Lipinski definition) is 7. The van der Waals surface area contributed by atoms with Gasteiger partial charge in [0.2, 0.25) is 5.91 Å². The van der Waals surface area contributed by atoms with Crippen molar-refractivity contribution in [1.29, 1.82) is 5.26 Å². The number of hydrogen-bond donors (Lipinski definition) is 2. The normalized spacial score (nSPS) is 16.3. The zero-order valence-corrected chi connectivity index (χ0v) is 24.0. The Labute approximate surface area is 253 Å². The number of fused-ring (bicyclic) bond motifs is 3. The van der Waals surface area contributed by atoms with Gasteiger partial charge in [0.05, 0.1) is 30.8 Å². The largest absolute Gasteiger partial charge is 0.492 e. The summed E-state index contributed by atoms with van der Waals surface area (Å²) in [5.74, 6) is -0.693. The lowest BCUT2D eigenvalue weighted by Crippen LogP contribution is -2.43. The maximum Gasteiger partial charge on any atom is 0.254 e. The van der Waals surface area contributed by atoms with Crippen LogP contribution in [-0.4, -0.2) is 63.6 Å². The van der Waals surface area contributed by atoms with Gasteiger partial charge in [-0.1, -0.05) is 36.4 Å². The molecule has 0 spiro atoms. The minimum atomic E-state index is -0.737. The van der Waals surface area contributed by atoms with Crippen LogP contribution in [0.5, 0.6) is 5.75 Å². The molecule has 12 heteroatoms. The number of nitrogens with zero attached hydrogens (tertiary/aromatic N) is 5. The van der Waals surface area contributed by atoms with Gasteiger partial charge in [0, 0.05) is 29.8 Å². The van der Waals surface area contributed by atoms with Crippen molar-refractivity contribution < 1.29 is 23.5 Å². The average molecular weight is 596 g/mol. The quantitative estimate of drug-likeness (QED) is 0.361. The molecule has 11 nitrogen and oxygen atoms in total. The van der Waals surface area contributed by atoms with Crippen molar-refractivity contribution in [3.63, 3.8) is 0 Å². The van der Waals surface area contributed by atoms with Crippen molar-refractivity contribution in [3.8, 4) is 23.2 Å². The molecule has 4 aromatic rings. The van der Waals surface area contributed by atoms with E-state index in [9.17, 15) is 24.0 Å². The summed E-state index contributed by atoms with van der Waals surface area (Å²) < 4.78 is 21.8. The summed E-state index contributed by atoms with van der Waals surface area (Å²) >= 11 is 0. The number of carbonyl (C=O) groups excluding carboxylic acids is 3. The molecular weight excluding hydrogens is 565 g/mol. The third-order valence-corrected chi connectivity index (χ3v) is 6.95. The minimum absolute atomic E-state index is 0.0140. The van der Waals surface area contributed by atoms with E-state index in [4.69, 9.17) is 9.72 Å². The Morgan fingerprint density at radius 3 is 2.64 bits per heavy atom. The predicted molar refractivity (Wildman–Crippen MR) is 158 cm³/mol. The van der Waals surface area contributed by atoms with Gasteiger partial charge >= 0.3 is 0 Å². The Balaban J connectivity index is 1.45. The van der Waals surface area contributed by atoms with Gasteiger partial charge in [0.25, 0.3) is 11.8 Å². The number of nitriles is 1. The van der Waals surface area contributed by atoms with E-state index in [0.29, 0.717) is 35.9 Å². The Morgan fingerprint density at radius 1 is 1.05 bits per heavy atom. The van der Waals surface area contributed by atoms with E-state index in [1.54, 1.807) is 35.9 Å². The number of benzene rings is 3. The fourth-order valence-corrected chi connectivity index (χ4v) is 4.84. The molecule has 0 unspecified atom stereocenters. The average Bonchev–Trinajstić information content (AvgIpc) is 3.46. The summed E-state index contributed by atoms with van der Waals surface area (Å²) in [4.78, 5) is 45.5. The number of nitrogens with one attached hydrogen (secondary N) is 2. The van der Waals surface area contributed by atoms with Gasteiger partial charge in [0.1, 0.15) is 24.0 Å². The molecular formula is C32H30FN7O4. The Kier molecular flexibility index (Phi) is 9.25. The lowest BCUT2D eigenvalue weighted by atomic mass is 10.1. The number of halogens is 1. The van der Waals surface area contributed by atoms with E-state index in [2.05, 4.69) is 15.7 Å². The summed E-state index contributed by atoms with van der Waals surface area (Å²) in [6, 6.07) is 20.8. The van der Waals surface area contributed by atoms with Gasteiger partial charge in [-0.15, -0.1) is 0 Å². The number of aromatic nitrogens is 3. The molecule has 1 aliphatic rings. The molecule has 0 saturated heterocycles. The Hall–Kier alpha value is -5.57. The van der Waals surface area contributed by atoms with Crippen LogP contribution in [0.15, 0.2) is 72.8 Å². The van der Waals surface area contributed by atoms with E-state index >= 15 is 0 Å². The summed E-state index contributed by atoms with van der Waals surface area (Å²) in [6.07, 6.45) is 0.311. The molecule has 1 aliphatic heterocycles. The van der Waals surface area contributed by atoms with Gasteiger partial charge in [0.15, 0.2) is 5.82 Å². The molecule has 0 fully saturated rings. The molecule has 2 N–H and O–H groups in total. The van der Waals surface area contributed by atoms with Crippen LogP contribution in [0.4, 0.5) is 4.39 Å². The van der Waals surface area contributed by atoms with Crippen LogP contribution in [0, 0.1) is 17.1 Å². The number of ether oxygens (including phenoxy) is 1. The number of carbonyl (C=O) groups is 3. The van der Waals surface area contributed by atoms with Gasteiger partial charge in [-0.3, -0.25) is 14.4 Å². The molecule has 2 heterocycles. The first-order valence-corrected chi connectivity index (χ1v) is 14.1. The smallest absolute Gasteiger partial charge is 0.254 e. The first-order chi connectivity index (χ1) is 21.3. The van der Waals surface area contributed by atoms with E-state index in [0.717, 1.165) is 17.7 Å². The highest BCUT2D eigenvalue weighted by Gasteiger charge is 2.24. The van der Waals surface area contributed by atoms with E-state index in [-0.39, 0.29) is 43.3 Å². The fraction of sp³-hybridized carbons (Fsp3) is 0.250. The van der Waals surface area contributed by atoms with Gasteiger partial charge in [-0.25, -0.2) is 14.1 Å². The summed E-state index contributed by atoms with van der Waals surface area (Å²) in [5.41, 5.74) is 1.13. The maximum absolute atomic E-state index is 14.2. The molecule has 224 valence electrons. The fourth-order valence-electron chi connectivity index (χ4n) is 4.84. The molecule has 0 radical (unpaired) electrons. The first-order valence-electron chi connectivity index (χ1n) is 14.1. The lowest BCUT2D eigenvalue weighted by molar-refractivity contribution is -0.122. The molecule has 3 amide bonds. The standard InChI is InChI=1S/C32H30FN7O4/c1-21-30-37-29(23-7-3-2-4-8-23)38-40(30)13-14-44-27-10-5-9-24(18-27)31(42)35-11-6-12-39(20-28(41)36-21)32(43)25-15-22(19-34)16-26(33)17-25/h2-5,7-10,15-18,21H,6,11-14,20H2,1H3,(H,35,42)(H,36,41)/t21-/m0/s1. The van der Waals surface area contributed by atoms with Crippen molar-refractivity contribution in [1.82, 2.24) is 30.3 Å². The van der Waals surface area contributed by atoms with Crippen LogP contribution in [0.3, 0.4) is 0 Å². The zero-order valence-electron chi connectivity index (χ0n) is 24.0. The second kappa shape index (κ2) is 13.6. The molecule has 3 aromatic carbocycles. The molecule has 0 aliphatic carbocycles. The molecule has 1 atom stereocenters. The highest BCUT2D eigenvalue weighted by Crippen LogP contribution is 2.20. The highest BCUT2D eigenvalue weighted by molar-refractivity contribution is 5.97. The van der Waals surface area contributed by atoms with Gasteiger partial charge in [-0.05, 0) is 49.7 Å². The van der Waals surface area contributed by atoms with Crippen molar-refractivity contribution in [2.24, 2.45) is 0 Å². The predicted octanol–water partition coefficient (Wildman–Crippen LogP) is 3.49. The third-order valence-electron chi connectivity index (χ3n) is 6.95. The zero-order chi connectivity index (χ0) is 31.1. The van der Waals surface area contributed by atoms with Crippen molar-refractivity contribution in [2.45, 2.75) is 25.9 Å². The van der Waals surface area contributed by atoms with Crippen molar-refractivity contribution >= 4 is 17.7 Å². The van der Waals surface area contributed by atoms with Crippen molar-refractivity contribution in [2.75, 3.05) is 26.2 Å². The van der Waals surface area contributed by atoms with E-state index < -0.39 is 23.7 Å². The monoisotopic (exact) mass is 595 g/mol. The summed E-state index contributed by atoms with van der Waals surface area (Å²) in [6.45, 7) is 2.23. The van der Waals surface area contributed by atoms with Gasteiger partial charge < -0.3 is 20.3 Å². The van der Waals surface area contributed by atoms with Crippen LogP contribution < -0.4 is 15.4 Å². The van der Waals surface area contributed by atoms with Crippen molar-refractivity contribution in [3.05, 3.63) is 101 Å². The molecule has 5 rings (SSSR count). The molecule has 44 heavy (non-hydrogen) atoms. The number of amides is 3. The summed E-state index contributed by atoms with van der Waals surface area (Å²) in [5, 5.41) is 19.6. The topological polar surface area (TPSA) is 142 Å². The van der Waals surface area contributed by atoms with E-state index in [1.165, 1.54) is 11.0 Å². The molecule has 2 bridgehead atoms. The first kappa shape index (κ1) is 29.9. The van der Waals surface area contributed by atoms with Crippen LogP contribution in [0.25, 0.3) is 11.4 Å².